The van der Waals surface area contributed by atoms with Crippen molar-refractivity contribution in [3.8, 4) is 0 Å². The molecule has 2 nitrogen and oxygen atoms in total. The first-order valence-electron chi connectivity index (χ1n) is 7.48. The van der Waals surface area contributed by atoms with E-state index in [4.69, 9.17) is 0 Å². The average Bonchev–Trinajstić information content (AvgIpc) is 2.99. The molecular formula is C18H20O2S. The lowest BCUT2D eigenvalue weighted by Crippen LogP contribution is -2.34. The molecule has 1 aliphatic carbocycles. The van der Waals surface area contributed by atoms with E-state index in [1.807, 2.05) is 30.5 Å². The van der Waals surface area contributed by atoms with Crippen LogP contribution in [0, 0.1) is 0 Å². The highest BCUT2D eigenvalue weighted by Gasteiger charge is 2.36. The fraction of sp³-hybridized carbons (Fsp3) is 0.389. The van der Waals surface area contributed by atoms with Gasteiger partial charge in [0.25, 0.3) is 0 Å². The van der Waals surface area contributed by atoms with E-state index in [0.717, 1.165) is 23.3 Å². The highest BCUT2D eigenvalue weighted by atomic mass is 32.1. The average molecular weight is 300 g/mol. The summed E-state index contributed by atoms with van der Waals surface area (Å²) in [5.74, 6) is -0.744. The van der Waals surface area contributed by atoms with Gasteiger partial charge in [0.05, 0.1) is 5.41 Å². The van der Waals surface area contributed by atoms with Crippen LogP contribution in [0.2, 0.25) is 0 Å². The molecule has 1 atom stereocenters. The van der Waals surface area contributed by atoms with E-state index in [1.165, 1.54) is 24.0 Å². The summed E-state index contributed by atoms with van der Waals surface area (Å²) in [5, 5.41) is 11.8. The Kier molecular flexibility index (Phi) is 3.85. The minimum atomic E-state index is -0.850. The van der Waals surface area contributed by atoms with Crippen molar-refractivity contribution in [2.75, 3.05) is 0 Å². The first kappa shape index (κ1) is 14.3. The Hall–Kier alpha value is -1.61. The molecule has 0 radical (unpaired) electrons. The summed E-state index contributed by atoms with van der Waals surface area (Å²) >= 11 is 1.63. The Morgan fingerprint density at radius 3 is 2.67 bits per heavy atom. The van der Waals surface area contributed by atoms with Gasteiger partial charge in [0.1, 0.15) is 0 Å². The van der Waals surface area contributed by atoms with Crippen LogP contribution in [0.15, 0.2) is 35.7 Å². The third kappa shape index (κ3) is 2.75. The molecule has 1 aliphatic rings. The molecule has 0 amide bonds. The molecule has 0 fully saturated rings. The number of aliphatic carboxylic acids is 1. The summed E-state index contributed by atoms with van der Waals surface area (Å²) in [7, 11) is 0. The number of carbonyl (C=O) groups is 1. The van der Waals surface area contributed by atoms with Crippen LogP contribution in [0.4, 0.5) is 0 Å². The number of carboxylic acid groups (broad SMARTS) is 1. The van der Waals surface area contributed by atoms with Crippen LogP contribution < -0.4 is 0 Å². The van der Waals surface area contributed by atoms with Gasteiger partial charge in [-0.25, -0.2) is 0 Å². The van der Waals surface area contributed by atoms with Crippen molar-refractivity contribution in [3.63, 3.8) is 0 Å². The summed E-state index contributed by atoms with van der Waals surface area (Å²) < 4.78 is 0. The van der Waals surface area contributed by atoms with Crippen molar-refractivity contribution in [3.05, 3.63) is 57.3 Å². The number of rotatable bonds is 4. The number of benzene rings is 1. The Morgan fingerprint density at radius 2 is 2.00 bits per heavy atom. The zero-order valence-corrected chi connectivity index (χ0v) is 13.1. The lowest BCUT2D eigenvalue weighted by molar-refractivity contribution is -0.143. The Balaban J connectivity index is 1.98. The molecule has 0 spiro atoms. The van der Waals surface area contributed by atoms with Gasteiger partial charge in [-0.1, -0.05) is 24.3 Å². The van der Waals surface area contributed by atoms with Crippen molar-refractivity contribution < 1.29 is 9.90 Å². The van der Waals surface area contributed by atoms with Crippen LogP contribution in [0.25, 0.3) is 0 Å². The van der Waals surface area contributed by atoms with Gasteiger partial charge >= 0.3 is 5.97 Å². The SMILES string of the molecule is CC(Cc1cccs1)(C(=O)O)c1ccc2c(c1)CCCC2. The number of thiophene rings is 1. The Bertz CT molecular complexity index is 645. The van der Waals surface area contributed by atoms with Gasteiger partial charge in [0.2, 0.25) is 0 Å². The fourth-order valence-corrected chi connectivity index (χ4v) is 4.00. The summed E-state index contributed by atoms with van der Waals surface area (Å²) in [6, 6.07) is 10.3. The number of hydrogen-bond donors (Lipinski definition) is 1. The van der Waals surface area contributed by atoms with Crippen LogP contribution in [0.3, 0.4) is 0 Å². The maximum absolute atomic E-state index is 11.9. The van der Waals surface area contributed by atoms with Crippen molar-refractivity contribution in [2.45, 2.75) is 44.4 Å². The maximum Gasteiger partial charge on any atom is 0.314 e. The molecule has 2 aromatic rings. The Labute approximate surface area is 129 Å². The van der Waals surface area contributed by atoms with E-state index in [9.17, 15) is 9.90 Å². The fourth-order valence-electron chi connectivity index (χ4n) is 3.14. The molecule has 1 heterocycles. The molecule has 0 saturated carbocycles. The predicted octanol–water partition coefficient (Wildman–Crippen LogP) is 4.21. The minimum absolute atomic E-state index is 0.554. The summed E-state index contributed by atoms with van der Waals surface area (Å²) in [6.07, 6.45) is 5.23. The molecule has 0 saturated heterocycles. The monoisotopic (exact) mass is 300 g/mol. The van der Waals surface area contributed by atoms with Crippen molar-refractivity contribution >= 4 is 17.3 Å². The lowest BCUT2D eigenvalue weighted by Gasteiger charge is -2.27. The van der Waals surface area contributed by atoms with E-state index in [0.29, 0.717) is 6.42 Å². The van der Waals surface area contributed by atoms with Crippen LogP contribution in [-0.4, -0.2) is 11.1 Å². The van der Waals surface area contributed by atoms with Crippen molar-refractivity contribution in [1.82, 2.24) is 0 Å². The Morgan fingerprint density at radius 1 is 1.24 bits per heavy atom. The molecule has 1 aromatic carbocycles. The quantitative estimate of drug-likeness (QED) is 0.918. The van der Waals surface area contributed by atoms with Gasteiger partial charge in [-0.3, -0.25) is 4.79 Å². The highest BCUT2D eigenvalue weighted by molar-refractivity contribution is 7.09. The molecule has 21 heavy (non-hydrogen) atoms. The molecule has 0 bridgehead atoms. The second kappa shape index (κ2) is 5.64. The van der Waals surface area contributed by atoms with E-state index >= 15 is 0 Å². The maximum atomic E-state index is 11.9. The summed E-state index contributed by atoms with van der Waals surface area (Å²) in [4.78, 5) is 13.0. The number of carboxylic acids is 1. The van der Waals surface area contributed by atoms with E-state index < -0.39 is 11.4 Å². The van der Waals surface area contributed by atoms with Crippen LogP contribution >= 0.6 is 11.3 Å². The van der Waals surface area contributed by atoms with Gasteiger partial charge in [-0.15, -0.1) is 11.3 Å². The second-order valence-corrected chi connectivity index (χ2v) is 7.12. The molecule has 3 rings (SSSR count). The standard InChI is InChI=1S/C18H20O2S/c1-18(17(19)20,12-16-7-4-10-21-16)15-9-8-13-5-2-3-6-14(13)11-15/h4,7-11H,2-3,5-6,12H2,1H3,(H,19,20). The number of hydrogen-bond acceptors (Lipinski definition) is 2. The van der Waals surface area contributed by atoms with E-state index in [2.05, 4.69) is 12.1 Å². The normalized spacial score (nSPS) is 17.0. The van der Waals surface area contributed by atoms with Gasteiger partial charge in [-0.05, 0) is 60.7 Å². The van der Waals surface area contributed by atoms with Crippen LogP contribution in [-0.2, 0) is 29.5 Å². The first-order valence-corrected chi connectivity index (χ1v) is 8.35. The predicted molar refractivity (Wildman–Crippen MR) is 86.1 cm³/mol. The molecule has 0 aliphatic heterocycles. The van der Waals surface area contributed by atoms with Crippen LogP contribution in [0.1, 0.15) is 41.3 Å². The number of aryl methyl sites for hydroxylation is 2. The zero-order valence-electron chi connectivity index (χ0n) is 12.3. The molecular weight excluding hydrogens is 280 g/mol. The van der Waals surface area contributed by atoms with Gasteiger partial charge in [0.15, 0.2) is 0 Å². The second-order valence-electron chi connectivity index (χ2n) is 6.08. The van der Waals surface area contributed by atoms with Crippen molar-refractivity contribution in [1.29, 1.82) is 0 Å². The third-order valence-corrected chi connectivity index (χ3v) is 5.44. The lowest BCUT2D eigenvalue weighted by atomic mass is 9.77. The third-order valence-electron chi connectivity index (χ3n) is 4.57. The van der Waals surface area contributed by atoms with Crippen molar-refractivity contribution in [2.24, 2.45) is 0 Å². The van der Waals surface area contributed by atoms with E-state index in [-0.39, 0.29) is 0 Å². The zero-order chi connectivity index (χ0) is 14.9. The van der Waals surface area contributed by atoms with Gasteiger partial charge in [-0.2, -0.15) is 0 Å². The summed E-state index contributed by atoms with van der Waals surface area (Å²) in [6.45, 7) is 1.85. The topological polar surface area (TPSA) is 37.3 Å². The highest BCUT2D eigenvalue weighted by Crippen LogP contribution is 2.33. The van der Waals surface area contributed by atoms with Crippen LogP contribution in [0.5, 0.6) is 0 Å². The minimum Gasteiger partial charge on any atom is -0.481 e. The molecule has 1 unspecified atom stereocenters. The van der Waals surface area contributed by atoms with Gasteiger partial charge in [0, 0.05) is 11.3 Å². The smallest absolute Gasteiger partial charge is 0.314 e. The largest absolute Gasteiger partial charge is 0.481 e. The van der Waals surface area contributed by atoms with Gasteiger partial charge < -0.3 is 5.11 Å². The summed E-state index contributed by atoms with van der Waals surface area (Å²) in [5.41, 5.74) is 2.83. The molecule has 110 valence electrons. The first-order chi connectivity index (χ1) is 10.1. The number of fused-ring (bicyclic) bond motifs is 1. The molecule has 1 N–H and O–H groups in total. The molecule has 1 aromatic heterocycles. The molecule has 3 heteroatoms. The van der Waals surface area contributed by atoms with E-state index in [1.54, 1.807) is 11.3 Å².